The second kappa shape index (κ2) is 10.4. The summed E-state index contributed by atoms with van der Waals surface area (Å²) in [6.45, 7) is 3.11. The van der Waals surface area contributed by atoms with Gasteiger partial charge in [-0.3, -0.25) is 14.4 Å². The molecule has 2 amide bonds. The summed E-state index contributed by atoms with van der Waals surface area (Å²) in [6, 6.07) is 9.15. The number of hydrogen-bond donors (Lipinski definition) is 1. The number of rotatable bonds is 7. The summed E-state index contributed by atoms with van der Waals surface area (Å²) < 4.78 is 5.15. The lowest BCUT2D eigenvalue weighted by molar-refractivity contribution is -0.152. The molecule has 1 N–H and O–H groups in total. The standard InChI is InChI=1S/C23H32N2O4/c1-2-29-23(28)19-13-8-14-25(16-19)22(27)20(15-17-9-4-3-5-10-17)24-21(26)18-11-6-7-12-18/h3-5,9-10,18-20H,2,6-8,11-16H2,1H3,(H,24,26). The van der Waals surface area contributed by atoms with Crippen molar-refractivity contribution in [2.45, 2.75) is 57.9 Å². The number of carbonyl (C=O) groups excluding carboxylic acids is 3. The number of nitrogens with zero attached hydrogens (tertiary/aromatic N) is 1. The number of likely N-dealkylation sites (tertiary alicyclic amines) is 1. The lowest BCUT2D eigenvalue weighted by Crippen LogP contribution is -2.53. The molecule has 1 saturated heterocycles. The molecule has 0 bridgehead atoms. The van der Waals surface area contributed by atoms with Crippen LogP contribution in [0.5, 0.6) is 0 Å². The van der Waals surface area contributed by atoms with E-state index >= 15 is 0 Å². The van der Waals surface area contributed by atoms with Gasteiger partial charge in [0.05, 0.1) is 12.5 Å². The number of ether oxygens (including phenoxy) is 1. The first-order valence-electron chi connectivity index (χ1n) is 10.9. The predicted octanol–water partition coefficient (Wildman–Crippen LogP) is 2.71. The summed E-state index contributed by atoms with van der Waals surface area (Å²) in [4.78, 5) is 40.0. The van der Waals surface area contributed by atoms with E-state index < -0.39 is 6.04 Å². The zero-order chi connectivity index (χ0) is 20.6. The fraction of sp³-hybridized carbons (Fsp3) is 0.609. The number of nitrogens with one attached hydrogen (secondary N) is 1. The Morgan fingerprint density at radius 3 is 2.45 bits per heavy atom. The van der Waals surface area contributed by atoms with Gasteiger partial charge in [-0.25, -0.2) is 0 Å². The largest absolute Gasteiger partial charge is 0.466 e. The first-order valence-corrected chi connectivity index (χ1v) is 10.9. The number of piperidine rings is 1. The zero-order valence-corrected chi connectivity index (χ0v) is 17.3. The minimum absolute atomic E-state index is 0.00899. The van der Waals surface area contributed by atoms with E-state index in [0.29, 0.717) is 26.1 Å². The van der Waals surface area contributed by atoms with E-state index in [2.05, 4.69) is 5.32 Å². The molecule has 29 heavy (non-hydrogen) atoms. The van der Waals surface area contributed by atoms with Gasteiger partial charge in [-0.15, -0.1) is 0 Å². The van der Waals surface area contributed by atoms with Crippen LogP contribution < -0.4 is 5.32 Å². The van der Waals surface area contributed by atoms with Crippen molar-refractivity contribution in [2.24, 2.45) is 11.8 Å². The summed E-state index contributed by atoms with van der Waals surface area (Å²) in [7, 11) is 0. The van der Waals surface area contributed by atoms with E-state index in [9.17, 15) is 14.4 Å². The third-order valence-corrected chi connectivity index (χ3v) is 5.98. The van der Waals surface area contributed by atoms with Crippen LogP contribution in [0, 0.1) is 11.8 Å². The molecule has 1 aliphatic carbocycles. The zero-order valence-electron chi connectivity index (χ0n) is 17.3. The molecule has 3 rings (SSSR count). The van der Waals surface area contributed by atoms with Gasteiger partial charge in [-0.2, -0.15) is 0 Å². The van der Waals surface area contributed by atoms with Gasteiger partial charge in [0.25, 0.3) is 0 Å². The molecule has 2 fully saturated rings. The Hall–Kier alpha value is -2.37. The molecule has 0 radical (unpaired) electrons. The van der Waals surface area contributed by atoms with E-state index in [-0.39, 0.29) is 29.6 Å². The average Bonchev–Trinajstić information content (AvgIpc) is 3.29. The van der Waals surface area contributed by atoms with Gasteiger partial charge in [0, 0.05) is 25.4 Å². The van der Waals surface area contributed by atoms with E-state index in [1.807, 2.05) is 30.3 Å². The maximum absolute atomic E-state index is 13.3. The van der Waals surface area contributed by atoms with E-state index in [4.69, 9.17) is 4.74 Å². The smallest absolute Gasteiger partial charge is 0.310 e. The molecule has 0 spiro atoms. The maximum Gasteiger partial charge on any atom is 0.310 e. The Morgan fingerprint density at radius 2 is 1.76 bits per heavy atom. The van der Waals surface area contributed by atoms with Crippen LogP contribution >= 0.6 is 0 Å². The normalized spacial score (nSPS) is 20.9. The van der Waals surface area contributed by atoms with Crippen molar-refractivity contribution in [3.05, 3.63) is 35.9 Å². The molecule has 1 saturated carbocycles. The lowest BCUT2D eigenvalue weighted by atomic mass is 9.96. The Bertz CT molecular complexity index is 700. The second-order valence-corrected chi connectivity index (χ2v) is 8.11. The van der Waals surface area contributed by atoms with E-state index in [1.165, 1.54) is 0 Å². The van der Waals surface area contributed by atoms with Crippen molar-refractivity contribution in [1.82, 2.24) is 10.2 Å². The molecule has 2 unspecified atom stereocenters. The number of amides is 2. The van der Waals surface area contributed by atoms with Crippen LogP contribution in [0.1, 0.15) is 51.0 Å². The Kier molecular flexibility index (Phi) is 7.67. The minimum atomic E-state index is -0.605. The lowest BCUT2D eigenvalue weighted by Gasteiger charge is -2.34. The van der Waals surface area contributed by atoms with Crippen LogP contribution in [0.15, 0.2) is 30.3 Å². The highest BCUT2D eigenvalue weighted by Crippen LogP contribution is 2.25. The Labute approximate surface area is 173 Å². The van der Waals surface area contributed by atoms with Crippen LogP contribution in [-0.2, 0) is 25.5 Å². The number of esters is 1. The van der Waals surface area contributed by atoms with Crippen molar-refractivity contribution in [2.75, 3.05) is 19.7 Å². The summed E-state index contributed by atoms with van der Waals surface area (Å²) in [5.41, 5.74) is 1.01. The van der Waals surface area contributed by atoms with Crippen LogP contribution in [0.2, 0.25) is 0 Å². The highest BCUT2D eigenvalue weighted by Gasteiger charge is 2.34. The van der Waals surface area contributed by atoms with Gasteiger partial charge < -0.3 is 15.0 Å². The van der Waals surface area contributed by atoms with Gasteiger partial charge in [-0.05, 0) is 38.2 Å². The second-order valence-electron chi connectivity index (χ2n) is 8.11. The van der Waals surface area contributed by atoms with Crippen molar-refractivity contribution in [3.63, 3.8) is 0 Å². The molecular weight excluding hydrogens is 368 g/mol. The molecule has 2 aliphatic rings. The van der Waals surface area contributed by atoms with E-state index in [1.54, 1.807) is 11.8 Å². The highest BCUT2D eigenvalue weighted by atomic mass is 16.5. The fourth-order valence-corrected chi connectivity index (χ4v) is 4.38. The molecular formula is C23H32N2O4. The number of carbonyl (C=O) groups is 3. The van der Waals surface area contributed by atoms with Crippen LogP contribution in [0.4, 0.5) is 0 Å². The Balaban J connectivity index is 1.70. The third kappa shape index (κ3) is 5.81. The van der Waals surface area contributed by atoms with E-state index in [0.717, 1.165) is 44.1 Å². The monoisotopic (exact) mass is 400 g/mol. The highest BCUT2D eigenvalue weighted by molar-refractivity contribution is 5.89. The van der Waals surface area contributed by atoms with Crippen molar-refractivity contribution in [1.29, 1.82) is 0 Å². The van der Waals surface area contributed by atoms with Crippen molar-refractivity contribution >= 4 is 17.8 Å². The van der Waals surface area contributed by atoms with Crippen LogP contribution in [0.3, 0.4) is 0 Å². The van der Waals surface area contributed by atoms with Gasteiger partial charge in [0.15, 0.2) is 0 Å². The van der Waals surface area contributed by atoms with Gasteiger partial charge >= 0.3 is 5.97 Å². The maximum atomic E-state index is 13.3. The molecule has 2 atom stereocenters. The quantitative estimate of drug-likeness (QED) is 0.714. The number of benzene rings is 1. The SMILES string of the molecule is CCOC(=O)C1CCCN(C(=O)C(Cc2ccccc2)NC(=O)C2CCCC2)C1. The molecule has 158 valence electrons. The minimum Gasteiger partial charge on any atom is -0.466 e. The molecule has 1 aromatic carbocycles. The Morgan fingerprint density at radius 1 is 1.07 bits per heavy atom. The molecule has 1 heterocycles. The molecule has 0 aromatic heterocycles. The molecule has 6 nitrogen and oxygen atoms in total. The van der Waals surface area contributed by atoms with Gasteiger partial charge in [-0.1, -0.05) is 43.2 Å². The summed E-state index contributed by atoms with van der Waals surface area (Å²) in [6.07, 6.45) is 5.90. The summed E-state index contributed by atoms with van der Waals surface area (Å²) in [5.74, 6) is -0.630. The summed E-state index contributed by atoms with van der Waals surface area (Å²) >= 11 is 0. The topological polar surface area (TPSA) is 75.7 Å². The van der Waals surface area contributed by atoms with Crippen LogP contribution in [0.25, 0.3) is 0 Å². The van der Waals surface area contributed by atoms with Crippen LogP contribution in [-0.4, -0.2) is 48.4 Å². The molecule has 1 aromatic rings. The van der Waals surface area contributed by atoms with Gasteiger partial charge in [0.1, 0.15) is 6.04 Å². The summed E-state index contributed by atoms with van der Waals surface area (Å²) in [5, 5.41) is 3.03. The first kappa shape index (κ1) is 21.3. The fourth-order valence-electron chi connectivity index (χ4n) is 4.38. The average molecular weight is 401 g/mol. The van der Waals surface area contributed by atoms with Crippen molar-refractivity contribution < 1.29 is 19.1 Å². The molecule has 1 aliphatic heterocycles. The van der Waals surface area contributed by atoms with Crippen molar-refractivity contribution in [3.8, 4) is 0 Å². The third-order valence-electron chi connectivity index (χ3n) is 5.98. The van der Waals surface area contributed by atoms with Gasteiger partial charge in [0.2, 0.25) is 11.8 Å². The predicted molar refractivity (Wildman–Crippen MR) is 110 cm³/mol. The molecule has 6 heteroatoms. The first-order chi connectivity index (χ1) is 14.1. The number of hydrogen-bond acceptors (Lipinski definition) is 4.